The van der Waals surface area contributed by atoms with Crippen LogP contribution in [0.3, 0.4) is 0 Å². The molecule has 4 heteroatoms. The van der Waals surface area contributed by atoms with Gasteiger partial charge in [-0.15, -0.1) is 0 Å². The summed E-state index contributed by atoms with van der Waals surface area (Å²) in [6.07, 6.45) is 0. The molecule has 0 atom stereocenters. The van der Waals surface area contributed by atoms with Crippen LogP contribution in [0, 0.1) is 0 Å². The van der Waals surface area contributed by atoms with E-state index >= 15 is 0 Å². The Balaban J connectivity index is 5.31. The lowest BCUT2D eigenvalue weighted by Gasteiger charge is -2.55. The van der Waals surface area contributed by atoms with Crippen molar-refractivity contribution in [3.63, 3.8) is 0 Å². The number of ether oxygens (including phenoxy) is 2. The maximum atomic E-state index is 11.1. The number of carbonyl (C=O) groups is 1. The second-order valence-corrected chi connectivity index (χ2v) is 7.34. The average molecular weight is 273 g/mol. The summed E-state index contributed by atoms with van der Waals surface area (Å²) in [5, 5.41) is 0. The highest BCUT2D eigenvalue weighted by Gasteiger charge is 2.44. The van der Waals surface area contributed by atoms with E-state index in [0.29, 0.717) is 13.2 Å². The molecule has 0 aromatic rings. The first-order valence-electron chi connectivity index (χ1n) is 6.77. The summed E-state index contributed by atoms with van der Waals surface area (Å²) < 4.78 is 10.6. The molecule has 0 saturated heterocycles. The second kappa shape index (κ2) is 6.23. The summed E-state index contributed by atoms with van der Waals surface area (Å²) in [7, 11) is 1.71. The summed E-state index contributed by atoms with van der Waals surface area (Å²) in [5.74, 6) is -0.244. The van der Waals surface area contributed by atoms with Gasteiger partial charge < -0.3 is 9.47 Å². The van der Waals surface area contributed by atoms with Crippen LogP contribution in [0.15, 0.2) is 0 Å². The van der Waals surface area contributed by atoms with Crippen molar-refractivity contribution in [3.8, 4) is 0 Å². The fourth-order valence-corrected chi connectivity index (χ4v) is 3.40. The van der Waals surface area contributed by atoms with Crippen molar-refractivity contribution < 1.29 is 14.3 Å². The number of hydrogen-bond acceptors (Lipinski definition) is 4. The van der Waals surface area contributed by atoms with Crippen LogP contribution in [0.5, 0.6) is 0 Å². The van der Waals surface area contributed by atoms with Crippen molar-refractivity contribution in [2.45, 2.75) is 72.0 Å². The first-order valence-corrected chi connectivity index (χ1v) is 6.77. The molecule has 0 aliphatic rings. The smallest absolute Gasteiger partial charge is 0.302 e. The van der Waals surface area contributed by atoms with Crippen molar-refractivity contribution in [1.29, 1.82) is 0 Å². The van der Waals surface area contributed by atoms with Gasteiger partial charge in [-0.05, 0) is 48.5 Å². The summed E-state index contributed by atoms with van der Waals surface area (Å²) in [4.78, 5) is 13.4. The van der Waals surface area contributed by atoms with Gasteiger partial charge in [0.15, 0.2) is 0 Å². The molecule has 114 valence electrons. The minimum atomic E-state index is -0.272. The van der Waals surface area contributed by atoms with E-state index in [0.717, 1.165) is 0 Å². The van der Waals surface area contributed by atoms with Gasteiger partial charge in [0.05, 0.1) is 12.1 Å². The molecule has 0 radical (unpaired) electrons. The minimum absolute atomic E-state index is 0.0638. The van der Waals surface area contributed by atoms with Crippen molar-refractivity contribution in [1.82, 2.24) is 4.90 Å². The van der Waals surface area contributed by atoms with Gasteiger partial charge in [0.2, 0.25) is 0 Å². The van der Waals surface area contributed by atoms with Crippen LogP contribution in [0.1, 0.15) is 55.4 Å². The molecule has 0 heterocycles. The largest absolute Gasteiger partial charge is 0.464 e. The molecule has 0 N–H and O–H groups in total. The van der Waals surface area contributed by atoms with E-state index in [-0.39, 0.29) is 22.6 Å². The van der Waals surface area contributed by atoms with E-state index < -0.39 is 0 Å². The van der Waals surface area contributed by atoms with Gasteiger partial charge in [-0.1, -0.05) is 0 Å². The first-order chi connectivity index (χ1) is 8.34. The number of esters is 1. The van der Waals surface area contributed by atoms with E-state index in [1.165, 1.54) is 6.92 Å². The van der Waals surface area contributed by atoms with Gasteiger partial charge in [-0.3, -0.25) is 9.69 Å². The monoisotopic (exact) mass is 273 g/mol. The van der Waals surface area contributed by atoms with Gasteiger partial charge in [-0.25, -0.2) is 0 Å². The Hall–Kier alpha value is -0.610. The highest BCUT2D eigenvalue weighted by Crippen LogP contribution is 2.34. The van der Waals surface area contributed by atoms with E-state index in [1.807, 2.05) is 0 Å². The van der Waals surface area contributed by atoms with E-state index in [4.69, 9.17) is 9.47 Å². The van der Waals surface area contributed by atoms with Crippen LogP contribution in [-0.4, -0.2) is 47.8 Å². The maximum absolute atomic E-state index is 11.1. The van der Waals surface area contributed by atoms with Gasteiger partial charge in [0.1, 0.15) is 6.61 Å². The van der Waals surface area contributed by atoms with Crippen molar-refractivity contribution >= 4 is 5.97 Å². The third kappa shape index (κ3) is 5.49. The third-order valence-electron chi connectivity index (χ3n) is 3.01. The van der Waals surface area contributed by atoms with Crippen LogP contribution < -0.4 is 0 Å². The fourth-order valence-electron chi connectivity index (χ4n) is 3.40. The molecule has 0 amide bonds. The number of rotatable bonds is 6. The van der Waals surface area contributed by atoms with E-state index in [9.17, 15) is 4.79 Å². The quantitative estimate of drug-likeness (QED) is 0.698. The molecule has 0 spiro atoms. The predicted molar refractivity (Wildman–Crippen MR) is 78.3 cm³/mol. The number of carbonyl (C=O) groups excluding carboxylic acids is 1. The molecule has 0 aromatic heterocycles. The van der Waals surface area contributed by atoms with Crippen molar-refractivity contribution in [2.24, 2.45) is 0 Å². The van der Waals surface area contributed by atoms with Crippen LogP contribution >= 0.6 is 0 Å². The fraction of sp³-hybridized carbons (Fsp3) is 0.933. The Kier molecular flexibility index (Phi) is 6.03. The van der Waals surface area contributed by atoms with E-state index in [1.54, 1.807) is 7.11 Å². The summed E-state index contributed by atoms with van der Waals surface area (Å²) >= 11 is 0. The molecule has 0 aliphatic carbocycles. The molecule has 0 unspecified atom stereocenters. The molecule has 0 rings (SSSR count). The summed E-state index contributed by atoms with van der Waals surface area (Å²) in [6.45, 7) is 17.4. The van der Waals surface area contributed by atoms with Crippen molar-refractivity contribution in [2.75, 3.05) is 20.3 Å². The van der Waals surface area contributed by atoms with Crippen LogP contribution in [0.25, 0.3) is 0 Å². The maximum Gasteiger partial charge on any atom is 0.302 e. The predicted octanol–water partition coefficient (Wildman–Crippen LogP) is 2.85. The normalized spacial score (nSPS) is 13.8. The molecule has 0 aliphatic heterocycles. The van der Waals surface area contributed by atoms with Gasteiger partial charge in [0.25, 0.3) is 0 Å². The van der Waals surface area contributed by atoms with Crippen LogP contribution in [0.2, 0.25) is 0 Å². The molecule has 0 saturated carbocycles. The SMILES string of the molecule is COCC(C)(C)N(C(C)(C)C)C(C)(C)COC(C)=O. The van der Waals surface area contributed by atoms with Gasteiger partial charge in [0, 0.05) is 25.1 Å². The molecule has 4 nitrogen and oxygen atoms in total. The lowest BCUT2D eigenvalue weighted by molar-refractivity contribution is -0.152. The van der Waals surface area contributed by atoms with Gasteiger partial charge >= 0.3 is 5.97 Å². The first kappa shape index (κ1) is 18.4. The Labute approximate surface area is 118 Å². The Bertz CT molecular complexity index is 303. The molecule has 0 fully saturated rings. The summed E-state index contributed by atoms with van der Waals surface area (Å²) in [6, 6.07) is 0. The number of nitrogens with zero attached hydrogens (tertiary/aromatic N) is 1. The highest BCUT2D eigenvalue weighted by atomic mass is 16.5. The Morgan fingerprint density at radius 2 is 1.37 bits per heavy atom. The third-order valence-corrected chi connectivity index (χ3v) is 3.01. The topological polar surface area (TPSA) is 38.8 Å². The molecule has 0 aromatic carbocycles. The molecule has 0 bridgehead atoms. The minimum Gasteiger partial charge on any atom is -0.464 e. The summed E-state index contributed by atoms with van der Waals surface area (Å²) in [5.41, 5.74) is -0.492. The second-order valence-electron chi connectivity index (χ2n) is 7.34. The zero-order valence-electron chi connectivity index (χ0n) is 14.1. The molecular weight excluding hydrogens is 242 g/mol. The standard InChI is InChI=1S/C15H31NO3/c1-12(17)19-11-15(7,8)16(13(2,3)4)14(5,6)10-18-9/h10-11H2,1-9H3. The van der Waals surface area contributed by atoms with Crippen LogP contribution in [0.4, 0.5) is 0 Å². The van der Waals surface area contributed by atoms with E-state index in [2.05, 4.69) is 53.4 Å². The molecular formula is C15H31NO3. The number of hydrogen-bond donors (Lipinski definition) is 0. The lowest BCUT2D eigenvalue weighted by Crippen LogP contribution is -2.66. The van der Waals surface area contributed by atoms with Crippen molar-refractivity contribution in [3.05, 3.63) is 0 Å². The zero-order chi connectivity index (χ0) is 15.5. The van der Waals surface area contributed by atoms with Gasteiger partial charge in [-0.2, -0.15) is 0 Å². The Morgan fingerprint density at radius 1 is 0.947 bits per heavy atom. The van der Waals surface area contributed by atoms with Crippen LogP contribution in [-0.2, 0) is 14.3 Å². The lowest BCUT2D eigenvalue weighted by atomic mass is 9.86. The molecule has 19 heavy (non-hydrogen) atoms. The average Bonchev–Trinajstić information content (AvgIpc) is 2.10. The zero-order valence-corrected chi connectivity index (χ0v) is 14.1. The highest BCUT2D eigenvalue weighted by molar-refractivity contribution is 5.65. The Morgan fingerprint density at radius 3 is 1.68 bits per heavy atom. The number of methoxy groups -OCH3 is 1.